The molecule has 0 saturated carbocycles. The SMILES string of the molecule is NC[C@@H]1CN(C(=O)CCn2[nH]c(=O)c3ccccc3c2=O)C[C@H]1c1ccccc1. The predicted octanol–water partition coefficient (Wildman–Crippen LogP) is 1.28. The Hall–Kier alpha value is -3.19. The van der Waals surface area contributed by atoms with Gasteiger partial charge in [-0.15, -0.1) is 0 Å². The molecule has 3 aromatic rings. The standard InChI is InChI=1S/C22H24N4O3/c23-12-16-13-25(14-19(16)15-6-2-1-3-7-15)20(27)10-11-26-22(29)18-9-5-4-8-17(18)21(28)24-26/h1-9,16,19H,10-14,23H2,(H,24,28)/t16-,19+/m1/s1. The van der Waals surface area contributed by atoms with Crippen LogP contribution in [0.25, 0.3) is 10.8 Å². The number of likely N-dealkylation sites (tertiary alicyclic amines) is 1. The molecule has 4 rings (SSSR count). The van der Waals surface area contributed by atoms with Crippen LogP contribution in [-0.4, -0.2) is 40.2 Å². The smallest absolute Gasteiger partial charge is 0.273 e. The lowest BCUT2D eigenvalue weighted by Crippen LogP contribution is -2.34. The predicted molar refractivity (Wildman–Crippen MR) is 112 cm³/mol. The van der Waals surface area contributed by atoms with Crippen molar-refractivity contribution in [1.29, 1.82) is 0 Å². The average Bonchev–Trinajstić information content (AvgIpc) is 3.20. The minimum absolute atomic E-state index is 0.0391. The third-order valence-corrected chi connectivity index (χ3v) is 5.76. The van der Waals surface area contributed by atoms with Gasteiger partial charge in [0.2, 0.25) is 5.91 Å². The molecule has 0 radical (unpaired) electrons. The van der Waals surface area contributed by atoms with Crippen LogP contribution in [0.15, 0.2) is 64.2 Å². The molecule has 1 saturated heterocycles. The summed E-state index contributed by atoms with van der Waals surface area (Å²) >= 11 is 0. The zero-order valence-corrected chi connectivity index (χ0v) is 16.1. The number of hydrogen-bond acceptors (Lipinski definition) is 4. The molecule has 0 aliphatic carbocycles. The molecule has 3 N–H and O–H groups in total. The van der Waals surface area contributed by atoms with E-state index in [2.05, 4.69) is 17.2 Å². The Bertz CT molecular complexity index is 1140. The van der Waals surface area contributed by atoms with Gasteiger partial charge in [-0.05, 0) is 30.2 Å². The summed E-state index contributed by atoms with van der Waals surface area (Å²) in [5.41, 5.74) is 6.52. The Labute approximate surface area is 167 Å². The number of nitrogens with zero attached hydrogens (tertiary/aromatic N) is 2. The maximum atomic E-state index is 12.8. The van der Waals surface area contributed by atoms with Gasteiger partial charge in [-0.25, -0.2) is 4.68 Å². The number of carbonyl (C=O) groups excluding carboxylic acids is 1. The highest BCUT2D eigenvalue weighted by molar-refractivity contribution is 5.80. The van der Waals surface area contributed by atoms with Crippen molar-refractivity contribution in [1.82, 2.24) is 14.7 Å². The van der Waals surface area contributed by atoms with E-state index in [1.165, 1.54) is 10.2 Å². The van der Waals surface area contributed by atoms with Crippen molar-refractivity contribution < 1.29 is 4.79 Å². The Morgan fingerprint density at radius 3 is 2.41 bits per heavy atom. The molecule has 1 fully saturated rings. The zero-order chi connectivity index (χ0) is 20.4. The third-order valence-electron chi connectivity index (χ3n) is 5.76. The van der Waals surface area contributed by atoms with Gasteiger partial charge in [0.15, 0.2) is 0 Å². The molecule has 150 valence electrons. The van der Waals surface area contributed by atoms with Gasteiger partial charge in [-0.3, -0.25) is 19.5 Å². The van der Waals surface area contributed by atoms with E-state index in [4.69, 9.17) is 5.73 Å². The quantitative estimate of drug-likeness (QED) is 0.683. The second-order valence-electron chi connectivity index (χ2n) is 7.50. The first-order chi connectivity index (χ1) is 14.1. The van der Waals surface area contributed by atoms with Gasteiger partial charge in [0.05, 0.1) is 17.3 Å². The van der Waals surface area contributed by atoms with E-state index in [9.17, 15) is 14.4 Å². The highest BCUT2D eigenvalue weighted by atomic mass is 16.2. The van der Waals surface area contributed by atoms with Gasteiger partial charge in [-0.2, -0.15) is 0 Å². The number of benzene rings is 2. The van der Waals surface area contributed by atoms with E-state index in [-0.39, 0.29) is 41.8 Å². The lowest BCUT2D eigenvalue weighted by atomic mass is 9.89. The van der Waals surface area contributed by atoms with E-state index in [1.807, 2.05) is 23.1 Å². The Balaban J connectivity index is 1.48. The van der Waals surface area contributed by atoms with Crippen molar-refractivity contribution in [3.8, 4) is 0 Å². The molecular weight excluding hydrogens is 368 g/mol. The van der Waals surface area contributed by atoms with Gasteiger partial charge >= 0.3 is 0 Å². The molecular formula is C22H24N4O3. The van der Waals surface area contributed by atoms with Gasteiger partial charge in [0.25, 0.3) is 11.1 Å². The summed E-state index contributed by atoms with van der Waals surface area (Å²) in [6.07, 6.45) is 0.146. The minimum Gasteiger partial charge on any atom is -0.342 e. The van der Waals surface area contributed by atoms with Crippen LogP contribution >= 0.6 is 0 Å². The van der Waals surface area contributed by atoms with E-state index in [0.29, 0.717) is 30.4 Å². The number of rotatable bonds is 5. The Morgan fingerprint density at radius 2 is 1.69 bits per heavy atom. The van der Waals surface area contributed by atoms with Gasteiger partial charge in [-0.1, -0.05) is 42.5 Å². The van der Waals surface area contributed by atoms with Crippen molar-refractivity contribution in [3.63, 3.8) is 0 Å². The second-order valence-corrected chi connectivity index (χ2v) is 7.50. The molecule has 2 aromatic carbocycles. The molecule has 29 heavy (non-hydrogen) atoms. The van der Waals surface area contributed by atoms with E-state index in [0.717, 1.165) is 0 Å². The molecule has 1 aliphatic rings. The topological polar surface area (TPSA) is 101 Å². The molecule has 1 amide bonds. The van der Waals surface area contributed by atoms with Crippen LogP contribution in [0.5, 0.6) is 0 Å². The Morgan fingerprint density at radius 1 is 1.00 bits per heavy atom. The van der Waals surface area contributed by atoms with Crippen LogP contribution in [0, 0.1) is 5.92 Å². The molecule has 2 heterocycles. The number of H-pyrrole nitrogens is 1. The van der Waals surface area contributed by atoms with Crippen LogP contribution in [0.1, 0.15) is 17.9 Å². The fourth-order valence-corrected chi connectivity index (χ4v) is 4.16. The number of fused-ring (bicyclic) bond motifs is 1. The van der Waals surface area contributed by atoms with Crippen LogP contribution in [-0.2, 0) is 11.3 Å². The lowest BCUT2D eigenvalue weighted by molar-refractivity contribution is -0.130. The molecule has 1 aliphatic heterocycles. The summed E-state index contributed by atoms with van der Waals surface area (Å²) in [6, 6.07) is 16.8. The number of amides is 1. The van der Waals surface area contributed by atoms with E-state index in [1.54, 1.807) is 24.3 Å². The maximum Gasteiger partial charge on any atom is 0.273 e. The molecule has 1 aromatic heterocycles. The summed E-state index contributed by atoms with van der Waals surface area (Å²) in [5.74, 6) is 0.390. The van der Waals surface area contributed by atoms with Crippen molar-refractivity contribution in [2.45, 2.75) is 18.9 Å². The summed E-state index contributed by atoms with van der Waals surface area (Å²) in [7, 11) is 0. The highest BCUT2D eigenvalue weighted by Crippen LogP contribution is 2.32. The van der Waals surface area contributed by atoms with Crippen LogP contribution in [0.3, 0.4) is 0 Å². The average molecular weight is 392 g/mol. The number of aromatic amines is 1. The van der Waals surface area contributed by atoms with Crippen molar-refractivity contribution in [2.75, 3.05) is 19.6 Å². The molecule has 0 bridgehead atoms. The van der Waals surface area contributed by atoms with Gasteiger partial charge in [0.1, 0.15) is 0 Å². The first-order valence-electron chi connectivity index (χ1n) is 9.83. The zero-order valence-electron chi connectivity index (χ0n) is 16.1. The summed E-state index contributed by atoms with van der Waals surface area (Å²) in [5, 5.41) is 3.29. The summed E-state index contributed by atoms with van der Waals surface area (Å²) in [4.78, 5) is 39.4. The fourth-order valence-electron chi connectivity index (χ4n) is 4.16. The summed E-state index contributed by atoms with van der Waals surface area (Å²) in [6.45, 7) is 1.88. The van der Waals surface area contributed by atoms with Gasteiger partial charge in [0, 0.05) is 25.4 Å². The number of carbonyl (C=O) groups is 1. The number of aryl methyl sites for hydroxylation is 1. The molecule has 7 nitrogen and oxygen atoms in total. The lowest BCUT2D eigenvalue weighted by Gasteiger charge is -2.17. The molecule has 0 unspecified atom stereocenters. The fraction of sp³-hybridized carbons (Fsp3) is 0.318. The number of hydrogen-bond donors (Lipinski definition) is 2. The third kappa shape index (κ3) is 3.73. The Kier molecular flexibility index (Phi) is 5.31. The first-order valence-corrected chi connectivity index (χ1v) is 9.83. The second kappa shape index (κ2) is 8.05. The maximum absolute atomic E-state index is 12.8. The molecule has 7 heteroatoms. The van der Waals surface area contributed by atoms with Crippen molar-refractivity contribution in [3.05, 3.63) is 80.9 Å². The number of nitrogens with one attached hydrogen (secondary N) is 1. The largest absolute Gasteiger partial charge is 0.342 e. The van der Waals surface area contributed by atoms with E-state index >= 15 is 0 Å². The first kappa shape index (κ1) is 19.1. The van der Waals surface area contributed by atoms with Crippen LogP contribution in [0.4, 0.5) is 0 Å². The molecule has 2 atom stereocenters. The highest BCUT2D eigenvalue weighted by Gasteiger charge is 2.34. The minimum atomic E-state index is -0.332. The van der Waals surface area contributed by atoms with Crippen LogP contribution < -0.4 is 16.9 Å². The normalized spacial score (nSPS) is 19.0. The summed E-state index contributed by atoms with van der Waals surface area (Å²) < 4.78 is 1.23. The molecule has 0 spiro atoms. The van der Waals surface area contributed by atoms with Gasteiger partial charge < -0.3 is 10.6 Å². The number of aromatic nitrogens is 2. The van der Waals surface area contributed by atoms with Crippen LogP contribution in [0.2, 0.25) is 0 Å². The van der Waals surface area contributed by atoms with Crippen molar-refractivity contribution in [2.24, 2.45) is 11.7 Å². The number of nitrogens with two attached hydrogens (primary N) is 1. The van der Waals surface area contributed by atoms with E-state index < -0.39 is 0 Å². The monoisotopic (exact) mass is 392 g/mol. The van der Waals surface area contributed by atoms with Crippen molar-refractivity contribution >= 4 is 16.7 Å².